The summed E-state index contributed by atoms with van der Waals surface area (Å²) in [7, 11) is 0. The van der Waals surface area contributed by atoms with Crippen LogP contribution >= 0.6 is 0 Å². The largest absolute Gasteiger partial charge is 0.339 e. The zero-order valence-corrected chi connectivity index (χ0v) is 9.33. The molecule has 0 bridgehead atoms. The lowest BCUT2D eigenvalue weighted by Gasteiger charge is -2.36. The number of aryl methyl sites for hydroxylation is 1. The molecule has 1 aromatic heterocycles. The van der Waals surface area contributed by atoms with Crippen molar-refractivity contribution in [2.75, 3.05) is 6.54 Å². The van der Waals surface area contributed by atoms with Crippen LogP contribution in [-0.2, 0) is 11.8 Å². The molecular formula is C11H19N3O. The monoisotopic (exact) mass is 209 g/mol. The molecule has 4 nitrogen and oxygen atoms in total. The molecule has 0 radical (unpaired) electrons. The van der Waals surface area contributed by atoms with E-state index < -0.39 is 0 Å². The first-order valence-corrected chi connectivity index (χ1v) is 5.84. The smallest absolute Gasteiger partial charge is 0.234 e. The molecule has 4 heteroatoms. The van der Waals surface area contributed by atoms with Gasteiger partial charge in [-0.3, -0.25) is 0 Å². The Bertz CT molecular complexity index is 312. The van der Waals surface area contributed by atoms with E-state index in [9.17, 15) is 0 Å². The van der Waals surface area contributed by atoms with Crippen molar-refractivity contribution in [3.63, 3.8) is 0 Å². The van der Waals surface area contributed by atoms with Crippen molar-refractivity contribution in [1.82, 2.24) is 10.1 Å². The van der Waals surface area contributed by atoms with E-state index in [2.05, 4.69) is 17.1 Å². The molecule has 0 aliphatic heterocycles. The van der Waals surface area contributed by atoms with Gasteiger partial charge in [-0.15, -0.1) is 0 Å². The predicted octanol–water partition coefficient (Wildman–Crippen LogP) is 1.79. The van der Waals surface area contributed by atoms with Crippen LogP contribution in [0.5, 0.6) is 0 Å². The van der Waals surface area contributed by atoms with Crippen molar-refractivity contribution >= 4 is 0 Å². The Morgan fingerprint density at radius 3 is 2.80 bits per heavy atom. The first kappa shape index (κ1) is 10.6. The summed E-state index contributed by atoms with van der Waals surface area (Å²) in [5.74, 6) is 1.61. The molecule has 0 atom stereocenters. The Kier molecular flexibility index (Phi) is 3.05. The highest BCUT2D eigenvalue weighted by Gasteiger charge is 2.42. The Labute approximate surface area is 90.2 Å². The topological polar surface area (TPSA) is 64.9 Å². The molecule has 1 saturated carbocycles. The first-order chi connectivity index (χ1) is 7.30. The fourth-order valence-electron chi connectivity index (χ4n) is 2.01. The molecule has 0 amide bonds. The summed E-state index contributed by atoms with van der Waals surface area (Å²) in [4.78, 5) is 4.46. The van der Waals surface area contributed by atoms with E-state index in [4.69, 9.17) is 10.3 Å². The number of nitrogens with two attached hydrogens (primary N) is 1. The fourth-order valence-corrected chi connectivity index (χ4v) is 2.01. The average Bonchev–Trinajstić information content (AvgIpc) is 2.63. The summed E-state index contributed by atoms with van der Waals surface area (Å²) in [6.45, 7) is 2.79. The summed E-state index contributed by atoms with van der Waals surface area (Å²) >= 11 is 0. The Morgan fingerprint density at radius 1 is 1.47 bits per heavy atom. The van der Waals surface area contributed by atoms with Crippen LogP contribution in [0.4, 0.5) is 0 Å². The van der Waals surface area contributed by atoms with Crippen LogP contribution in [0.25, 0.3) is 0 Å². The standard InChI is InChI=1S/C11H19N3O/c1-2-3-5-9-13-10(15-14-9)11(8-12)6-4-7-11/h2-8,12H2,1H3. The quantitative estimate of drug-likeness (QED) is 0.803. The summed E-state index contributed by atoms with van der Waals surface area (Å²) in [6.07, 6.45) is 6.61. The molecule has 2 N–H and O–H groups in total. The third-order valence-corrected chi connectivity index (χ3v) is 3.38. The Hall–Kier alpha value is -0.900. The van der Waals surface area contributed by atoms with Crippen molar-refractivity contribution in [1.29, 1.82) is 0 Å². The molecule has 0 spiro atoms. The van der Waals surface area contributed by atoms with Gasteiger partial charge in [-0.05, 0) is 19.3 Å². The van der Waals surface area contributed by atoms with Gasteiger partial charge in [0.25, 0.3) is 0 Å². The zero-order chi connectivity index (χ0) is 10.7. The summed E-state index contributed by atoms with van der Waals surface area (Å²) in [5, 5.41) is 4.01. The molecule has 0 unspecified atom stereocenters. The highest BCUT2D eigenvalue weighted by molar-refractivity contribution is 5.11. The van der Waals surface area contributed by atoms with Gasteiger partial charge in [0.1, 0.15) is 0 Å². The van der Waals surface area contributed by atoms with E-state index in [-0.39, 0.29) is 5.41 Å². The Morgan fingerprint density at radius 2 is 2.27 bits per heavy atom. The van der Waals surface area contributed by atoms with Crippen LogP contribution < -0.4 is 5.73 Å². The van der Waals surface area contributed by atoms with E-state index in [1.54, 1.807) is 0 Å². The predicted molar refractivity (Wildman–Crippen MR) is 57.5 cm³/mol. The summed E-state index contributed by atoms with van der Waals surface area (Å²) < 4.78 is 5.32. The van der Waals surface area contributed by atoms with Gasteiger partial charge < -0.3 is 10.3 Å². The normalized spacial score (nSPS) is 18.8. The van der Waals surface area contributed by atoms with Gasteiger partial charge in [-0.2, -0.15) is 4.98 Å². The maximum Gasteiger partial charge on any atom is 0.234 e. The van der Waals surface area contributed by atoms with E-state index in [1.807, 2.05) is 0 Å². The summed E-state index contributed by atoms with van der Waals surface area (Å²) in [5.41, 5.74) is 5.79. The number of hydrogen-bond acceptors (Lipinski definition) is 4. The number of unbranched alkanes of at least 4 members (excludes halogenated alkanes) is 1. The van der Waals surface area contributed by atoms with Gasteiger partial charge in [0.2, 0.25) is 5.89 Å². The van der Waals surface area contributed by atoms with E-state index in [1.165, 1.54) is 6.42 Å². The third-order valence-electron chi connectivity index (χ3n) is 3.38. The van der Waals surface area contributed by atoms with Gasteiger partial charge in [-0.1, -0.05) is 24.9 Å². The fraction of sp³-hybridized carbons (Fsp3) is 0.818. The molecule has 1 aliphatic rings. The van der Waals surface area contributed by atoms with E-state index in [0.29, 0.717) is 6.54 Å². The van der Waals surface area contributed by atoms with Crippen LogP contribution in [0.2, 0.25) is 0 Å². The second-order valence-electron chi connectivity index (χ2n) is 4.46. The molecule has 84 valence electrons. The van der Waals surface area contributed by atoms with Gasteiger partial charge >= 0.3 is 0 Å². The van der Waals surface area contributed by atoms with Gasteiger partial charge in [0.05, 0.1) is 5.41 Å². The molecule has 2 rings (SSSR count). The van der Waals surface area contributed by atoms with Crippen LogP contribution in [0.15, 0.2) is 4.52 Å². The van der Waals surface area contributed by atoms with Crippen molar-refractivity contribution in [2.24, 2.45) is 5.73 Å². The van der Waals surface area contributed by atoms with Crippen LogP contribution in [0.1, 0.15) is 50.7 Å². The third kappa shape index (κ3) is 1.91. The minimum atomic E-state index is 0.0114. The minimum absolute atomic E-state index is 0.0114. The second-order valence-corrected chi connectivity index (χ2v) is 4.46. The van der Waals surface area contributed by atoms with Crippen molar-refractivity contribution < 1.29 is 4.52 Å². The highest BCUT2D eigenvalue weighted by atomic mass is 16.5. The second kappa shape index (κ2) is 4.31. The molecule has 0 aromatic carbocycles. The van der Waals surface area contributed by atoms with Crippen LogP contribution in [0, 0.1) is 0 Å². The van der Waals surface area contributed by atoms with Crippen LogP contribution in [-0.4, -0.2) is 16.7 Å². The maximum absolute atomic E-state index is 5.78. The van der Waals surface area contributed by atoms with Crippen LogP contribution in [0.3, 0.4) is 0 Å². The summed E-state index contributed by atoms with van der Waals surface area (Å²) in [6, 6.07) is 0. The lowest BCUT2D eigenvalue weighted by Crippen LogP contribution is -2.41. The first-order valence-electron chi connectivity index (χ1n) is 5.84. The maximum atomic E-state index is 5.78. The highest BCUT2D eigenvalue weighted by Crippen LogP contribution is 2.41. The number of hydrogen-bond donors (Lipinski definition) is 1. The minimum Gasteiger partial charge on any atom is -0.339 e. The van der Waals surface area contributed by atoms with Gasteiger partial charge in [0, 0.05) is 13.0 Å². The van der Waals surface area contributed by atoms with Crippen molar-refractivity contribution in [3.05, 3.63) is 11.7 Å². The average molecular weight is 209 g/mol. The Balaban J connectivity index is 2.05. The van der Waals surface area contributed by atoms with E-state index >= 15 is 0 Å². The molecule has 1 heterocycles. The van der Waals surface area contributed by atoms with E-state index in [0.717, 1.165) is 43.8 Å². The lowest BCUT2D eigenvalue weighted by atomic mass is 9.69. The molecular weight excluding hydrogens is 190 g/mol. The molecule has 1 fully saturated rings. The van der Waals surface area contributed by atoms with Crippen molar-refractivity contribution in [2.45, 2.75) is 50.9 Å². The molecule has 15 heavy (non-hydrogen) atoms. The van der Waals surface area contributed by atoms with Crippen molar-refractivity contribution in [3.8, 4) is 0 Å². The van der Waals surface area contributed by atoms with Gasteiger partial charge in [0.15, 0.2) is 5.82 Å². The number of rotatable bonds is 5. The number of nitrogens with zero attached hydrogens (tertiary/aromatic N) is 2. The zero-order valence-electron chi connectivity index (χ0n) is 9.33. The van der Waals surface area contributed by atoms with Gasteiger partial charge in [-0.25, -0.2) is 0 Å². The number of aromatic nitrogens is 2. The molecule has 0 saturated heterocycles. The SMILES string of the molecule is CCCCc1noc(C2(CN)CCC2)n1. The lowest BCUT2D eigenvalue weighted by molar-refractivity contribution is 0.181. The molecule has 1 aliphatic carbocycles. The molecule has 1 aromatic rings.